The Morgan fingerprint density at radius 2 is 1.87 bits per heavy atom. The van der Waals surface area contributed by atoms with Gasteiger partial charge in [0.2, 0.25) is 0 Å². The third-order valence-corrected chi connectivity index (χ3v) is 4.57. The van der Waals surface area contributed by atoms with Crippen LogP contribution in [0.5, 0.6) is 0 Å². The van der Waals surface area contributed by atoms with E-state index in [1.807, 2.05) is 0 Å². The van der Waals surface area contributed by atoms with Crippen molar-refractivity contribution >= 4 is 12.6 Å². The van der Waals surface area contributed by atoms with Gasteiger partial charge in [-0.15, -0.1) is 0 Å². The van der Waals surface area contributed by atoms with E-state index in [1.165, 1.54) is 32.2 Å². The van der Waals surface area contributed by atoms with Crippen molar-refractivity contribution < 1.29 is 0 Å². The lowest BCUT2D eigenvalue weighted by Gasteiger charge is -2.45. The van der Waals surface area contributed by atoms with Crippen molar-refractivity contribution in [1.29, 1.82) is 0 Å². The largest absolute Gasteiger partial charge is 0.303 e. The van der Waals surface area contributed by atoms with E-state index >= 15 is 0 Å². The first-order valence-electron chi connectivity index (χ1n) is 6.30. The lowest BCUT2D eigenvalue weighted by atomic mass is 9.70. The molecule has 0 aromatic carbocycles. The standard InChI is InChI=1S/C13H27NS/c1-11(2)8-12(3)14(4)9-13(10-15)6-5-7-13/h11-12,15H,5-10H2,1-4H3. The number of hydrogen-bond acceptors (Lipinski definition) is 2. The zero-order valence-electron chi connectivity index (χ0n) is 10.8. The highest BCUT2D eigenvalue weighted by Gasteiger charge is 2.37. The Bertz CT molecular complexity index is 181. The van der Waals surface area contributed by atoms with Gasteiger partial charge in [-0.25, -0.2) is 0 Å². The van der Waals surface area contributed by atoms with Gasteiger partial charge in [0.15, 0.2) is 0 Å². The Labute approximate surface area is 101 Å². The van der Waals surface area contributed by atoms with E-state index in [4.69, 9.17) is 0 Å². The minimum absolute atomic E-state index is 0.545. The van der Waals surface area contributed by atoms with E-state index in [0.29, 0.717) is 11.5 Å². The van der Waals surface area contributed by atoms with Crippen molar-refractivity contribution in [2.24, 2.45) is 11.3 Å². The second-order valence-electron chi connectivity index (χ2n) is 5.91. The molecule has 0 radical (unpaired) electrons. The van der Waals surface area contributed by atoms with Crippen LogP contribution in [0.1, 0.15) is 46.5 Å². The molecule has 1 atom stereocenters. The van der Waals surface area contributed by atoms with Crippen LogP contribution in [0.15, 0.2) is 0 Å². The van der Waals surface area contributed by atoms with E-state index < -0.39 is 0 Å². The van der Waals surface area contributed by atoms with Crippen LogP contribution in [0.3, 0.4) is 0 Å². The van der Waals surface area contributed by atoms with Crippen LogP contribution in [0.4, 0.5) is 0 Å². The fourth-order valence-corrected chi connectivity index (χ4v) is 3.01. The Balaban J connectivity index is 2.36. The fourth-order valence-electron chi connectivity index (χ4n) is 2.59. The second-order valence-corrected chi connectivity index (χ2v) is 6.22. The minimum Gasteiger partial charge on any atom is -0.303 e. The van der Waals surface area contributed by atoms with Crippen molar-refractivity contribution in [1.82, 2.24) is 4.90 Å². The van der Waals surface area contributed by atoms with Gasteiger partial charge < -0.3 is 4.90 Å². The van der Waals surface area contributed by atoms with Gasteiger partial charge in [-0.3, -0.25) is 0 Å². The van der Waals surface area contributed by atoms with Crippen molar-refractivity contribution in [2.75, 3.05) is 19.3 Å². The van der Waals surface area contributed by atoms with Crippen LogP contribution >= 0.6 is 12.6 Å². The maximum Gasteiger partial charge on any atom is 0.00665 e. The molecule has 2 heteroatoms. The number of hydrogen-bond donors (Lipinski definition) is 1. The Hall–Kier alpha value is 0.310. The molecule has 0 saturated heterocycles. The van der Waals surface area contributed by atoms with E-state index in [0.717, 1.165) is 11.7 Å². The lowest BCUT2D eigenvalue weighted by Crippen LogP contribution is -2.45. The van der Waals surface area contributed by atoms with Gasteiger partial charge in [0.05, 0.1) is 0 Å². The Kier molecular flexibility index (Phi) is 4.98. The van der Waals surface area contributed by atoms with E-state index in [-0.39, 0.29) is 0 Å². The topological polar surface area (TPSA) is 3.24 Å². The predicted molar refractivity (Wildman–Crippen MR) is 71.7 cm³/mol. The molecule has 1 nitrogen and oxygen atoms in total. The first-order valence-corrected chi connectivity index (χ1v) is 6.93. The summed E-state index contributed by atoms with van der Waals surface area (Å²) in [5.41, 5.74) is 0.545. The molecular formula is C13H27NS. The molecule has 0 aromatic heterocycles. The van der Waals surface area contributed by atoms with Crippen LogP contribution in [0.25, 0.3) is 0 Å². The average molecular weight is 229 g/mol. The van der Waals surface area contributed by atoms with E-state index in [2.05, 4.69) is 45.3 Å². The van der Waals surface area contributed by atoms with Gasteiger partial charge in [0.1, 0.15) is 0 Å². The summed E-state index contributed by atoms with van der Waals surface area (Å²) in [4.78, 5) is 2.54. The smallest absolute Gasteiger partial charge is 0.00665 e. The molecule has 90 valence electrons. The third-order valence-electron chi connectivity index (χ3n) is 3.90. The Morgan fingerprint density at radius 3 is 2.20 bits per heavy atom. The summed E-state index contributed by atoms with van der Waals surface area (Å²) in [5, 5.41) is 0. The molecule has 0 N–H and O–H groups in total. The van der Waals surface area contributed by atoms with Gasteiger partial charge in [0, 0.05) is 12.6 Å². The third kappa shape index (κ3) is 3.67. The molecule has 1 aliphatic carbocycles. The summed E-state index contributed by atoms with van der Waals surface area (Å²) in [6.07, 6.45) is 5.48. The first-order chi connectivity index (χ1) is 6.99. The van der Waals surface area contributed by atoms with Gasteiger partial charge in [-0.05, 0) is 50.3 Å². The molecule has 0 aliphatic heterocycles. The molecule has 0 bridgehead atoms. The summed E-state index contributed by atoms with van der Waals surface area (Å²) < 4.78 is 0. The molecule has 1 unspecified atom stereocenters. The highest BCUT2D eigenvalue weighted by Crippen LogP contribution is 2.42. The minimum atomic E-state index is 0.545. The summed E-state index contributed by atoms with van der Waals surface area (Å²) in [7, 11) is 2.27. The lowest BCUT2D eigenvalue weighted by molar-refractivity contribution is 0.0800. The average Bonchev–Trinajstić information content (AvgIpc) is 2.09. The molecular weight excluding hydrogens is 202 g/mol. The van der Waals surface area contributed by atoms with Crippen molar-refractivity contribution in [2.45, 2.75) is 52.5 Å². The highest BCUT2D eigenvalue weighted by atomic mass is 32.1. The SMILES string of the molecule is CC(C)CC(C)N(C)CC1(CS)CCC1. The zero-order chi connectivity index (χ0) is 11.5. The maximum atomic E-state index is 4.52. The Morgan fingerprint density at radius 1 is 1.27 bits per heavy atom. The van der Waals surface area contributed by atoms with Crippen molar-refractivity contribution in [3.63, 3.8) is 0 Å². The molecule has 15 heavy (non-hydrogen) atoms. The second kappa shape index (κ2) is 5.58. The molecule has 1 saturated carbocycles. The van der Waals surface area contributed by atoms with Gasteiger partial charge in [-0.2, -0.15) is 12.6 Å². The van der Waals surface area contributed by atoms with Crippen LogP contribution in [0.2, 0.25) is 0 Å². The van der Waals surface area contributed by atoms with Crippen LogP contribution < -0.4 is 0 Å². The highest BCUT2D eigenvalue weighted by molar-refractivity contribution is 7.80. The molecule has 1 rings (SSSR count). The monoisotopic (exact) mass is 229 g/mol. The van der Waals surface area contributed by atoms with Gasteiger partial charge in [-0.1, -0.05) is 20.3 Å². The van der Waals surface area contributed by atoms with Gasteiger partial charge >= 0.3 is 0 Å². The van der Waals surface area contributed by atoms with E-state index in [9.17, 15) is 0 Å². The van der Waals surface area contributed by atoms with Crippen LogP contribution in [0, 0.1) is 11.3 Å². The molecule has 0 aromatic rings. The molecule has 0 spiro atoms. The molecule has 0 heterocycles. The summed E-state index contributed by atoms with van der Waals surface area (Å²) in [6.45, 7) is 8.21. The maximum absolute atomic E-state index is 4.52. The number of nitrogens with zero attached hydrogens (tertiary/aromatic N) is 1. The quantitative estimate of drug-likeness (QED) is 0.683. The molecule has 1 fully saturated rings. The normalized spacial score (nSPS) is 21.8. The van der Waals surface area contributed by atoms with Crippen LogP contribution in [-0.2, 0) is 0 Å². The first kappa shape index (κ1) is 13.4. The van der Waals surface area contributed by atoms with Gasteiger partial charge in [0.25, 0.3) is 0 Å². The summed E-state index contributed by atoms with van der Waals surface area (Å²) in [5.74, 6) is 1.86. The predicted octanol–water partition coefficient (Wildman–Crippen LogP) is 3.45. The number of rotatable bonds is 6. The summed E-state index contributed by atoms with van der Waals surface area (Å²) in [6, 6.07) is 0.711. The zero-order valence-corrected chi connectivity index (χ0v) is 11.7. The van der Waals surface area contributed by atoms with Crippen molar-refractivity contribution in [3.05, 3.63) is 0 Å². The van der Waals surface area contributed by atoms with E-state index in [1.54, 1.807) is 0 Å². The summed E-state index contributed by atoms with van der Waals surface area (Å²) >= 11 is 4.52. The number of thiol groups is 1. The van der Waals surface area contributed by atoms with Crippen molar-refractivity contribution in [3.8, 4) is 0 Å². The van der Waals surface area contributed by atoms with Crippen LogP contribution in [-0.4, -0.2) is 30.3 Å². The molecule has 1 aliphatic rings. The molecule has 0 amide bonds. The fraction of sp³-hybridized carbons (Fsp3) is 1.00.